The van der Waals surface area contributed by atoms with E-state index in [1.54, 1.807) is 6.26 Å². The topological polar surface area (TPSA) is 68.8 Å². The van der Waals surface area contributed by atoms with Crippen LogP contribution in [0.4, 0.5) is 0 Å². The van der Waals surface area contributed by atoms with Crippen molar-refractivity contribution in [3.8, 4) is 11.4 Å². The van der Waals surface area contributed by atoms with Gasteiger partial charge in [-0.25, -0.2) is 0 Å². The van der Waals surface area contributed by atoms with E-state index >= 15 is 0 Å². The van der Waals surface area contributed by atoms with Crippen LogP contribution in [0.3, 0.4) is 0 Å². The van der Waals surface area contributed by atoms with Crippen LogP contribution in [0.5, 0.6) is 0 Å². The molecule has 1 N–H and O–H groups in total. The molecule has 0 radical (unpaired) electrons. The Bertz CT molecular complexity index is 486. The number of aromatic nitrogens is 4. The van der Waals surface area contributed by atoms with Crippen molar-refractivity contribution in [3.05, 3.63) is 17.8 Å². The van der Waals surface area contributed by atoms with Crippen LogP contribution < -0.4 is 5.32 Å². The lowest BCUT2D eigenvalue weighted by atomic mass is 10.2. The molecule has 0 amide bonds. The van der Waals surface area contributed by atoms with Gasteiger partial charge in [0.05, 0.1) is 17.8 Å². The van der Waals surface area contributed by atoms with E-state index in [0.29, 0.717) is 0 Å². The van der Waals surface area contributed by atoms with Crippen LogP contribution in [0, 0.1) is 6.92 Å². The Morgan fingerprint density at radius 3 is 3.20 bits per heavy atom. The van der Waals surface area contributed by atoms with Crippen molar-refractivity contribution in [3.63, 3.8) is 0 Å². The minimum absolute atomic E-state index is 0.775. The average molecular weight is 205 g/mol. The zero-order chi connectivity index (χ0) is 10.3. The first kappa shape index (κ1) is 8.60. The van der Waals surface area contributed by atoms with Gasteiger partial charge in [0.2, 0.25) is 0 Å². The van der Waals surface area contributed by atoms with Crippen LogP contribution in [-0.2, 0) is 13.1 Å². The van der Waals surface area contributed by atoms with Crippen LogP contribution in [0.1, 0.15) is 11.5 Å². The summed E-state index contributed by atoms with van der Waals surface area (Å²) in [5, 5.41) is 15.4. The predicted molar refractivity (Wildman–Crippen MR) is 52.0 cm³/mol. The summed E-state index contributed by atoms with van der Waals surface area (Å²) in [6.45, 7) is 4.52. The third kappa shape index (κ3) is 1.25. The van der Waals surface area contributed by atoms with E-state index in [4.69, 9.17) is 4.52 Å². The molecule has 6 nitrogen and oxygen atoms in total. The quantitative estimate of drug-likeness (QED) is 0.727. The molecule has 0 fully saturated rings. The van der Waals surface area contributed by atoms with Crippen molar-refractivity contribution in [2.45, 2.75) is 20.0 Å². The minimum atomic E-state index is 0.775. The average Bonchev–Trinajstić information content (AvgIpc) is 2.83. The Morgan fingerprint density at radius 1 is 1.47 bits per heavy atom. The lowest BCUT2D eigenvalue weighted by Gasteiger charge is -2.15. The zero-order valence-electron chi connectivity index (χ0n) is 8.40. The third-order valence-electron chi connectivity index (χ3n) is 2.61. The predicted octanol–water partition coefficient (Wildman–Crippen LogP) is 0.345. The molecular weight excluding hydrogens is 194 g/mol. The summed E-state index contributed by atoms with van der Waals surface area (Å²) < 4.78 is 7.02. The summed E-state index contributed by atoms with van der Waals surface area (Å²) in [6, 6.07) is 0. The molecule has 0 bridgehead atoms. The van der Waals surface area contributed by atoms with Gasteiger partial charge in [-0.3, -0.25) is 0 Å². The SMILES string of the molecule is Cc1nocc1-c1nnc2n1CCNC2. The molecule has 0 saturated carbocycles. The summed E-state index contributed by atoms with van der Waals surface area (Å²) >= 11 is 0. The van der Waals surface area contributed by atoms with Crippen molar-refractivity contribution >= 4 is 0 Å². The van der Waals surface area contributed by atoms with Crippen LogP contribution in [0.2, 0.25) is 0 Å². The molecule has 0 aromatic carbocycles. The van der Waals surface area contributed by atoms with Crippen molar-refractivity contribution in [2.24, 2.45) is 0 Å². The molecule has 3 heterocycles. The lowest BCUT2D eigenvalue weighted by molar-refractivity contribution is 0.415. The second kappa shape index (κ2) is 3.16. The van der Waals surface area contributed by atoms with E-state index < -0.39 is 0 Å². The number of fused-ring (bicyclic) bond motifs is 1. The van der Waals surface area contributed by atoms with Crippen molar-refractivity contribution < 1.29 is 4.52 Å². The number of nitrogens with one attached hydrogen (secondary N) is 1. The molecule has 2 aromatic heterocycles. The van der Waals surface area contributed by atoms with Gasteiger partial charge in [-0.15, -0.1) is 10.2 Å². The van der Waals surface area contributed by atoms with E-state index in [1.807, 2.05) is 6.92 Å². The second-order valence-electron chi connectivity index (χ2n) is 3.58. The fourth-order valence-electron chi connectivity index (χ4n) is 1.80. The Balaban J connectivity index is 2.13. The van der Waals surface area contributed by atoms with Gasteiger partial charge >= 0.3 is 0 Å². The minimum Gasteiger partial charge on any atom is -0.364 e. The molecule has 0 atom stereocenters. The fourth-order valence-corrected chi connectivity index (χ4v) is 1.80. The van der Waals surface area contributed by atoms with Crippen LogP contribution in [0.15, 0.2) is 10.8 Å². The maximum Gasteiger partial charge on any atom is 0.169 e. The number of aryl methyl sites for hydroxylation is 1. The Hall–Kier alpha value is -1.69. The number of hydrogen-bond acceptors (Lipinski definition) is 5. The highest BCUT2D eigenvalue weighted by atomic mass is 16.5. The van der Waals surface area contributed by atoms with Gasteiger partial charge in [0, 0.05) is 13.1 Å². The van der Waals surface area contributed by atoms with Gasteiger partial charge in [0.25, 0.3) is 0 Å². The molecule has 0 saturated heterocycles. The van der Waals surface area contributed by atoms with E-state index in [0.717, 1.165) is 42.5 Å². The third-order valence-corrected chi connectivity index (χ3v) is 2.61. The lowest BCUT2D eigenvalue weighted by Crippen LogP contribution is -2.28. The Morgan fingerprint density at radius 2 is 2.40 bits per heavy atom. The highest BCUT2D eigenvalue weighted by Crippen LogP contribution is 2.22. The van der Waals surface area contributed by atoms with Gasteiger partial charge in [0.15, 0.2) is 5.82 Å². The first-order valence-corrected chi connectivity index (χ1v) is 4.90. The first-order valence-electron chi connectivity index (χ1n) is 4.90. The molecule has 78 valence electrons. The van der Waals surface area contributed by atoms with Crippen LogP contribution in [-0.4, -0.2) is 26.5 Å². The highest BCUT2D eigenvalue weighted by Gasteiger charge is 2.19. The standard InChI is InChI=1S/C9H11N5O/c1-6-7(5-15-13-6)9-12-11-8-4-10-2-3-14(8)9/h5,10H,2-4H2,1H3. The van der Waals surface area contributed by atoms with E-state index in [1.165, 1.54) is 0 Å². The van der Waals surface area contributed by atoms with E-state index in [-0.39, 0.29) is 0 Å². The molecule has 6 heteroatoms. The van der Waals surface area contributed by atoms with Gasteiger partial charge < -0.3 is 14.4 Å². The molecular formula is C9H11N5O. The summed E-state index contributed by atoms with van der Waals surface area (Å²) in [7, 11) is 0. The van der Waals surface area contributed by atoms with Gasteiger partial charge in [0.1, 0.15) is 12.1 Å². The molecule has 3 rings (SSSR count). The Kier molecular flexibility index (Phi) is 1.81. The van der Waals surface area contributed by atoms with E-state index in [2.05, 4.69) is 25.2 Å². The van der Waals surface area contributed by atoms with E-state index in [9.17, 15) is 0 Å². The zero-order valence-corrected chi connectivity index (χ0v) is 8.40. The van der Waals surface area contributed by atoms with Crippen molar-refractivity contribution in [1.29, 1.82) is 0 Å². The number of nitrogens with zero attached hydrogens (tertiary/aromatic N) is 4. The summed E-state index contributed by atoms with van der Waals surface area (Å²) in [5.74, 6) is 1.82. The molecule has 0 aliphatic carbocycles. The molecule has 2 aromatic rings. The van der Waals surface area contributed by atoms with Crippen molar-refractivity contribution in [2.75, 3.05) is 6.54 Å². The molecule has 1 aliphatic rings. The van der Waals surface area contributed by atoms with Crippen molar-refractivity contribution in [1.82, 2.24) is 25.2 Å². The molecule has 0 spiro atoms. The summed E-state index contributed by atoms with van der Waals surface area (Å²) in [4.78, 5) is 0. The highest BCUT2D eigenvalue weighted by molar-refractivity contribution is 5.56. The molecule has 0 unspecified atom stereocenters. The maximum atomic E-state index is 4.91. The fraction of sp³-hybridized carbons (Fsp3) is 0.444. The summed E-state index contributed by atoms with van der Waals surface area (Å²) in [6.07, 6.45) is 1.62. The van der Waals surface area contributed by atoms with Gasteiger partial charge in [-0.2, -0.15) is 0 Å². The smallest absolute Gasteiger partial charge is 0.169 e. The van der Waals surface area contributed by atoms with Crippen LogP contribution >= 0.6 is 0 Å². The monoisotopic (exact) mass is 205 g/mol. The largest absolute Gasteiger partial charge is 0.364 e. The summed E-state index contributed by atoms with van der Waals surface area (Å²) in [5.41, 5.74) is 1.78. The van der Waals surface area contributed by atoms with Gasteiger partial charge in [-0.05, 0) is 6.92 Å². The molecule has 1 aliphatic heterocycles. The molecule has 15 heavy (non-hydrogen) atoms. The normalized spacial score (nSPS) is 15.3. The second-order valence-corrected chi connectivity index (χ2v) is 3.58. The van der Waals surface area contributed by atoms with Gasteiger partial charge in [-0.1, -0.05) is 5.16 Å². The first-order chi connectivity index (χ1) is 7.36. The number of hydrogen-bond donors (Lipinski definition) is 1. The number of rotatable bonds is 1. The van der Waals surface area contributed by atoms with Crippen LogP contribution in [0.25, 0.3) is 11.4 Å². The Labute approximate surface area is 86.3 Å². The maximum absolute atomic E-state index is 4.91.